The van der Waals surface area contributed by atoms with E-state index >= 15 is 0 Å². The number of benzene rings is 1. The monoisotopic (exact) mass is 561 g/mol. The lowest BCUT2D eigenvalue weighted by Crippen LogP contribution is -2.56. The van der Waals surface area contributed by atoms with Crippen LogP contribution >= 0.6 is 0 Å². The molecule has 11 atom stereocenters. The Bertz CT molecular complexity index is 1100. The zero-order valence-electron chi connectivity index (χ0n) is 26.4. The minimum absolute atomic E-state index is 0.269. The maximum Gasteiger partial charge on any atom is 0.338 e. The maximum atomic E-state index is 12.9. The Labute approximate surface area is 249 Å². The van der Waals surface area contributed by atoms with Gasteiger partial charge in [0.15, 0.2) is 0 Å². The quantitative estimate of drug-likeness (QED) is 0.305. The predicted octanol–water partition coefficient (Wildman–Crippen LogP) is 8.98. The van der Waals surface area contributed by atoms with Crippen molar-refractivity contribution in [1.29, 1.82) is 5.26 Å². The second kappa shape index (κ2) is 12.0. The third kappa shape index (κ3) is 5.62. The van der Waals surface area contributed by atoms with Gasteiger partial charge in [0.2, 0.25) is 0 Å². The minimum Gasteiger partial charge on any atom is -0.457 e. The predicted molar refractivity (Wildman–Crippen MR) is 164 cm³/mol. The molecule has 0 unspecified atom stereocenters. The van der Waals surface area contributed by atoms with Crippen LogP contribution in [0.2, 0.25) is 0 Å². The fraction of sp³-hybridized carbons (Fsp3) is 0.784. The van der Waals surface area contributed by atoms with E-state index in [0.29, 0.717) is 40.6 Å². The molecular weight excluding hydrogens is 506 g/mol. The third-order valence-corrected chi connectivity index (χ3v) is 13.5. The number of hydrogen-bond acceptors (Lipinski definition) is 4. The molecule has 4 heteroatoms. The van der Waals surface area contributed by atoms with Gasteiger partial charge in [0.1, 0.15) is 6.10 Å². The molecule has 4 saturated carbocycles. The Hall–Kier alpha value is -1.86. The van der Waals surface area contributed by atoms with Crippen LogP contribution in [-0.2, 0) is 4.74 Å². The number of rotatable bonds is 9. The molecule has 1 aromatic carbocycles. The molecule has 0 amide bonds. The summed E-state index contributed by atoms with van der Waals surface area (Å²) in [6.07, 6.45) is 14.2. The van der Waals surface area contributed by atoms with E-state index in [0.717, 1.165) is 49.9 Å². The Morgan fingerprint density at radius 2 is 1.73 bits per heavy atom. The van der Waals surface area contributed by atoms with Gasteiger partial charge >= 0.3 is 5.97 Å². The molecule has 4 nitrogen and oxygen atoms in total. The molecule has 4 aliphatic rings. The number of nitriles is 1. The van der Waals surface area contributed by atoms with Crippen LogP contribution < -0.4 is 0 Å². The summed E-state index contributed by atoms with van der Waals surface area (Å²) in [5.74, 6) is 3.82. The van der Waals surface area contributed by atoms with Gasteiger partial charge in [0.05, 0.1) is 23.2 Å². The molecule has 5 rings (SSSR count). The maximum absolute atomic E-state index is 12.9. The average Bonchev–Trinajstić information content (AvgIpc) is 3.34. The normalized spacial score (nSPS) is 40.3. The van der Waals surface area contributed by atoms with Gasteiger partial charge < -0.3 is 9.84 Å². The van der Waals surface area contributed by atoms with Crippen molar-refractivity contribution in [1.82, 2.24) is 0 Å². The van der Waals surface area contributed by atoms with E-state index in [4.69, 9.17) is 4.74 Å². The molecule has 1 N–H and O–H groups in total. The lowest BCUT2D eigenvalue weighted by atomic mass is 9.43. The van der Waals surface area contributed by atoms with Crippen molar-refractivity contribution in [3.05, 3.63) is 35.9 Å². The molecule has 0 spiro atoms. The van der Waals surface area contributed by atoms with Crippen LogP contribution in [0.4, 0.5) is 0 Å². The first-order chi connectivity index (χ1) is 19.6. The van der Waals surface area contributed by atoms with E-state index in [1.165, 1.54) is 44.9 Å². The first-order valence-corrected chi connectivity index (χ1v) is 17.0. The van der Waals surface area contributed by atoms with E-state index < -0.39 is 5.60 Å². The van der Waals surface area contributed by atoms with Crippen molar-refractivity contribution in [2.45, 2.75) is 130 Å². The first kappa shape index (κ1) is 30.6. The van der Waals surface area contributed by atoms with Gasteiger partial charge in [-0.3, -0.25) is 0 Å². The van der Waals surface area contributed by atoms with Crippen LogP contribution in [0.5, 0.6) is 0 Å². The summed E-state index contributed by atoms with van der Waals surface area (Å²) in [5, 5.41) is 21.0. The number of carbonyl (C=O) groups excluding carboxylic acids is 1. The largest absolute Gasteiger partial charge is 0.457 e. The smallest absolute Gasteiger partial charge is 0.338 e. The van der Waals surface area contributed by atoms with Crippen molar-refractivity contribution in [2.24, 2.45) is 52.3 Å². The molecule has 0 radical (unpaired) electrons. The fourth-order valence-electron chi connectivity index (χ4n) is 10.8. The second-order valence-corrected chi connectivity index (χ2v) is 15.2. The van der Waals surface area contributed by atoms with Gasteiger partial charge in [-0.25, -0.2) is 4.79 Å². The summed E-state index contributed by atoms with van der Waals surface area (Å²) in [6.45, 7) is 11.8. The van der Waals surface area contributed by atoms with E-state index in [1.807, 2.05) is 25.1 Å². The highest BCUT2D eigenvalue weighted by molar-refractivity contribution is 5.89. The Balaban J connectivity index is 1.24. The average molecular weight is 562 g/mol. The molecule has 0 aliphatic heterocycles. The van der Waals surface area contributed by atoms with E-state index in [9.17, 15) is 15.2 Å². The fourth-order valence-corrected chi connectivity index (χ4v) is 10.8. The molecule has 1 aromatic rings. The molecular formula is C37H55NO3. The molecule has 0 bridgehead atoms. The zero-order valence-corrected chi connectivity index (χ0v) is 26.4. The summed E-state index contributed by atoms with van der Waals surface area (Å²) < 4.78 is 6.00. The Morgan fingerprint density at radius 1 is 1.00 bits per heavy atom. The molecule has 0 heterocycles. The van der Waals surface area contributed by atoms with Gasteiger partial charge in [-0.1, -0.05) is 52.8 Å². The van der Waals surface area contributed by atoms with Crippen molar-refractivity contribution in [2.75, 3.05) is 0 Å². The van der Waals surface area contributed by atoms with E-state index in [-0.39, 0.29) is 18.0 Å². The third-order valence-electron chi connectivity index (χ3n) is 13.5. The SMILES string of the molecule is CC[C@@H](C#N)[C@H](CC[C@@H](C)[C@H]1CC[C@H]2[C@@H]3CC[C@H]4C[C@](O)(CC)CC[C@]4(C)[C@H]3CC[C@]12C)OC(=O)c1ccccc1. The Morgan fingerprint density at radius 3 is 2.41 bits per heavy atom. The topological polar surface area (TPSA) is 70.3 Å². The van der Waals surface area contributed by atoms with Crippen LogP contribution in [0.25, 0.3) is 0 Å². The molecule has 41 heavy (non-hydrogen) atoms. The molecule has 0 aromatic heterocycles. The number of fused-ring (bicyclic) bond motifs is 5. The zero-order chi connectivity index (χ0) is 29.4. The Kier molecular flexibility index (Phi) is 8.97. The van der Waals surface area contributed by atoms with Gasteiger partial charge in [0, 0.05) is 0 Å². The van der Waals surface area contributed by atoms with Gasteiger partial charge in [-0.15, -0.1) is 0 Å². The van der Waals surface area contributed by atoms with Crippen LogP contribution in [0.1, 0.15) is 128 Å². The summed E-state index contributed by atoms with van der Waals surface area (Å²) in [7, 11) is 0. The number of carbonyl (C=O) groups is 1. The van der Waals surface area contributed by atoms with Crippen LogP contribution in [0.3, 0.4) is 0 Å². The number of nitrogens with zero attached hydrogens (tertiary/aromatic N) is 1. The highest BCUT2D eigenvalue weighted by atomic mass is 16.5. The van der Waals surface area contributed by atoms with Crippen LogP contribution in [0, 0.1) is 63.6 Å². The van der Waals surface area contributed by atoms with Crippen LogP contribution in [-0.4, -0.2) is 22.8 Å². The highest BCUT2D eigenvalue weighted by Crippen LogP contribution is 2.69. The van der Waals surface area contributed by atoms with Crippen molar-refractivity contribution in [3.63, 3.8) is 0 Å². The lowest BCUT2D eigenvalue weighted by molar-refractivity contribution is -0.152. The lowest BCUT2D eigenvalue weighted by Gasteiger charge is -2.62. The van der Waals surface area contributed by atoms with Gasteiger partial charge in [-0.2, -0.15) is 5.26 Å². The summed E-state index contributed by atoms with van der Waals surface area (Å²) in [5.41, 5.74) is 0.918. The molecule has 226 valence electrons. The number of esters is 1. The van der Waals surface area contributed by atoms with E-state index in [2.05, 4.69) is 33.8 Å². The van der Waals surface area contributed by atoms with Crippen molar-refractivity contribution in [3.8, 4) is 6.07 Å². The molecule has 4 fully saturated rings. The van der Waals surface area contributed by atoms with Gasteiger partial charge in [0.25, 0.3) is 0 Å². The molecule has 0 saturated heterocycles. The van der Waals surface area contributed by atoms with Crippen LogP contribution in [0.15, 0.2) is 30.3 Å². The van der Waals surface area contributed by atoms with Gasteiger partial charge in [-0.05, 0) is 142 Å². The summed E-state index contributed by atoms with van der Waals surface area (Å²) in [4.78, 5) is 12.9. The number of aliphatic hydroxyl groups is 1. The summed E-state index contributed by atoms with van der Waals surface area (Å²) >= 11 is 0. The van der Waals surface area contributed by atoms with E-state index in [1.54, 1.807) is 12.1 Å². The van der Waals surface area contributed by atoms with Crippen molar-refractivity contribution < 1.29 is 14.6 Å². The van der Waals surface area contributed by atoms with Crippen molar-refractivity contribution >= 4 is 5.97 Å². The molecule has 4 aliphatic carbocycles. The minimum atomic E-state index is -0.427. The summed E-state index contributed by atoms with van der Waals surface area (Å²) in [6, 6.07) is 11.6. The highest BCUT2D eigenvalue weighted by Gasteiger charge is 2.61. The first-order valence-electron chi connectivity index (χ1n) is 17.0. The standard InChI is InChI=1S/C37H55NO3/c1-6-26(24-38)33(41-34(39)27-11-9-8-10-12-27)18-13-25(3)30-16-17-31-29-15-14-28-23-37(40,7-2)22-21-35(28,4)32(29)19-20-36(30,31)5/h8-12,25-26,28-33,40H,6-7,13-23H2,1-5H3/t25-,26+,28+,29+,30-,31+,32+,33+,35+,36-,37+/m1/s1. The number of ether oxygens (including phenoxy) is 1. The number of hydrogen-bond donors (Lipinski definition) is 1. The second-order valence-electron chi connectivity index (χ2n) is 15.2.